The van der Waals surface area contributed by atoms with E-state index < -0.39 is 11.5 Å². The van der Waals surface area contributed by atoms with Crippen LogP contribution in [0.25, 0.3) is 11.0 Å². The van der Waals surface area contributed by atoms with Gasteiger partial charge in [0.25, 0.3) is 11.5 Å². The normalized spacial score (nSPS) is 23.1. The first-order chi connectivity index (χ1) is 14.0. The van der Waals surface area contributed by atoms with Gasteiger partial charge in [0.05, 0.1) is 17.0 Å². The van der Waals surface area contributed by atoms with E-state index in [9.17, 15) is 14.4 Å². The fourth-order valence-electron chi connectivity index (χ4n) is 4.36. The lowest BCUT2D eigenvalue weighted by molar-refractivity contribution is -0.135. The van der Waals surface area contributed by atoms with Gasteiger partial charge in [-0.2, -0.15) is 0 Å². The van der Waals surface area contributed by atoms with Crippen molar-refractivity contribution in [2.45, 2.75) is 31.7 Å². The van der Waals surface area contributed by atoms with Gasteiger partial charge in [-0.1, -0.05) is 12.1 Å². The monoisotopic (exact) mass is 397 g/mol. The minimum absolute atomic E-state index is 0.0396. The number of rotatable bonds is 3. The van der Waals surface area contributed by atoms with E-state index in [1.54, 1.807) is 18.2 Å². The molecule has 29 heavy (non-hydrogen) atoms. The SMILES string of the molecule is CN1C[C@@H](NC(=O)c2nc3ccccc3[nH]c2=O)CC[C@@H](C(=O)N2CCCC2)C1. The Morgan fingerprint density at radius 1 is 1.14 bits per heavy atom. The summed E-state index contributed by atoms with van der Waals surface area (Å²) >= 11 is 0. The molecule has 0 bridgehead atoms. The molecule has 0 aliphatic carbocycles. The number of benzene rings is 1. The molecule has 154 valence electrons. The molecule has 0 radical (unpaired) electrons. The molecule has 1 aromatic carbocycles. The van der Waals surface area contributed by atoms with Gasteiger partial charge in [0.2, 0.25) is 5.91 Å². The Balaban J connectivity index is 1.44. The number of nitrogens with zero attached hydrogens (tertiary/aromatic N) is 3. The quantitative estimate of drug-likeness (QED) is 0.805. The predicted molar refractivity (Wildman–Crippen MR) is 110 cm³/mol. The maximum absolute atomic E-state index is 12.8. The summed E-state index contributed by atoms with van der Waals surface area (Å²) in [6.07, 6.45) is 3.60. The van der Waals surface area contributed by atoms with Crippen LogP contribution >= 0.6 is 0 Å². The van der Waals surface area contributed by atoms with E-state index in [1.807, 2.05) is 18.0 Å². The number of carbonyl (C=O) groups is 2. The molecular formula is C21H27N5O3. The van der Waals surface area contributed by atoms with Crippen molar-refractivity contribution in [3.05, 3.63) is 40.3 Å². The lowest BCUT2D eigenvalue weighted by Crippen LogP contribution is -2.43. The highest BCUT2D eigenvalue weighted by molar-refractivity contribution is 5.93. The second kappa shape index (κ2) is 8.32. The Kier molecular flexibility index (Phi) is 5.62. The molecule has 0 spiro atoms. The number of likely N-dealkylation sites (N-methyl/N-ethyl adjacent to an activating group) is 1. The van der Waals surface area contributed by atoms with E-state index in [2.05, 4.69) is 20.2 Å². The second-order valence-corrected chi connectivity index (χ2v) is 8.13. The van der Waals surface area contributed by atoms with Crippen LogP contribution < -0.4 is 10.9 Å². The van der Waals surface area contributed by atoms with E-state index in [0.717, 1.165) is 32.4 Å². The van der Waals surface area contributed by atoms with E-state index >= 15 is 0 Å². The lowest BCUT2D eigenvalue weighted by atomic mass is 10.0. The van der Waals surface area contributed by atoms with Gasteiger partial charge < -0.3 is 20.1 Å². The minimum Gasteiger partial charge on any atom is -0.346 e. The fourth-order valence-corrected chi connectivity index (χ4v) is 4.36. The second-order valence-electron chi connectivity index (χ2n) is 8.13. The van der Waals surface area contributed by atoms with Crippen LogP contribution in [0.3, 0.4) is 0 Å². The molecule has 2 fully saturated rings. The Hall–Kier alpha value is -2.74. The zero-order valence-electron chi connectivity index (χ0n) is 16.7. The Morgan fingerprint density at radius 2 is 1.90 bits per heavy atom. The first-order valence-corrected chi connectivity index (χ1v) is 10.3. The summed E-state index contributed by atoms with van der Waals surface area (Å²) in [4.78, 5) is 48.8. The maximum Gasteiger partial charge on any atom is 0.280 e. The number of hydrogen-bond donors (Lipinski definition) is 2. The van der Waals surface area contributed by atoms with Crippen LogP contribution in [0.1, 0.15) is 36.2 Å². The van der Waals surface area contributed by atoms with Gasteiger partial charge >= 0.3 is 0 Å². The topological polar surface area (TPSA) is 98.4 Å². The minimum atomic E-state index is -0.495. The van der Waals surface area contributed by atoms with Gasteiger partial charge in [-0.3, -0.25) is 14.4 Å². The number of amides is 2. The van der Waals surface area contributed by atoms with Gasteiger partial charge in [-0.05, 0) is 44.9 Å². The number of aromatic amines is 1. The molecule has 1 aromatic heterocycles. The smallest absolute Gasteiger partial charge is 0.280 e. The van der Waals surface area contributed by atoms with E-state index in [0.29, 0.717) is 30.5 Å². The van der Waals surface area contributed by atoms with Gasteiger partial charge in [-0.15, -0.1) is 0 Å². The molecule has 3 heterocycles. The highest BCUT2D eigenvalue weighted by Crippen LogP contribution is 2.21. The van der Waals surface area contributed by atoms with Crippen LogP contribution in [-0.2, 0) is 4.79 Å². The average molecular weight is 397 g/mol. The van der Waals surface area contributed by atoms with Crippen LogP contribution in [-0.4, -0.2) is 70.9 Å². The molecule has 2 atom stereocenters. The van der Waals surface area contributed by atoms with Crippen molar-refractivity contribution >= 4 is 22.8 Å². The predicted octanol–water partition coefficient (Wildman–Crippen LogP) is 0.986. The molecular weight excluding hydrogens is 370 g/mol. The Bertz CT molecular complexity index is 966. The summed E-state index contributed by atoms with van der Waals surface area (Å²) < 4.78 is 0. The van der Waals surface area contributed by atoms with Crippen LogP contribution in [0.5, 0.6) is 0 Å². The van der Waals surface area contributed by atoms with Gasteiger partial charge in [0.1, 0.15) is 0 Å². The number of fused-ring (bicyclic) bond motifs is 1. The van der Waals surface area contributed by atoms with Crippen LogP contribution in [0, 0.1) is 5.92 Å². The van der Waals surface area contributed by atoms with Gasteiger partial charge in [0, 0.05) is 32.2 Å². The third-order valence-electron chi connectivity index (χ3n) is 5.84. The number of carbonyl (C=O) groups excluding carboxylic acids is 2. The van der Waals surface area contributed by atoms with Gasteiger partial charge in [-0.25, -0.2) is 4.98 Å². The van der Waals surface area contributed by atoms with Crippen molar-refractivity contribution in [3.63, 3.8) is 0 Å². The molecule has 0 unspecified atom stereocenters. The van der Waals surface area contributed by atoms with Crippen molar-refractivity contribution in [3.8, 4) is 0 Å². The van der Waals surface area contributed by atoms with Crippen LogP contribution in [0.15, 0.2) is 29.1 Å². The first kappa shape index (κ1) is 19.6. The zero-order chi connectivity index (χ0) is 20.4. The molecule has 2 aliphatic rings. The molecule has 8 nitrogen and oxygen atoms in total. The summed E-state index contributed by atoms with van der Waals surface area (Å²) in [5.74, 6) is -0.282. The van der Waals surface area contributed by atoms with E-state index in [4.69, 9.17) is 0 Å². The third-order valence-corrected chi connectivity index (χ3v) is 5.84. The van der Waals surface area contributed by atoms with E-state index in [1.165, 1.54) is 0 Å². The molecule has 2 aliphatic heterocycles. The Morgan fingerprint density at radius 3 is 2.69 bits per heavy atom. The summed E-state index contributed by atoms with van der Waals surface area (Å²) in [6, 6.07) is 7.00. The van der Waals surface area contributed by atoms with E-state index in [-0.39, 0.29) is 23.6 Å². The zero-order valence-corrected chi connectivity index (χ0v) is 16.7. The Labute approximate surface area is 169 Å². The molecule has 2 aromatic rings. The van der Waals surface area contributed by atoms with Crippen LogP contribution in [0.2, 0.25) is 0 Å². The summed E-state index contributed by atoms with van der Waals surface area (Å²) in [5, 5.41) is 2.95. The number of H-pyrrole nitrogens is 1. The number of aromatic nitrogens is 2. The standard InChI is InChI=1S/C21H27N5O3/c1-25-12-14(21(29)26-10-4-5-11-26)8-9-15(13-25)22-19(27)18-20(28)24-17-7-3-2-6-16(17)23-18/h2-3,6-7,14-15H,4-5,8-13H2,1H3,(H,22,27)(H,24,28)/t14-,15+/m1/s1. The molecule has 4 rings (SSSR count). The summed E-state index contributed by atoms with van der Waals surface area (Å²) in [7, 11) is 1.97. The van der Waals surface area contributed by atoms with Crippen molar-refractivity contribution in [1.82, 2.24) is 25.1 Å². The molecule has 8 heteroatoms. The molecule has 2 N–H and O–H groups in total. The lowest BCUT2D eigenvalue weighted by Gasteiger charge is -2.24. The van der Waals surface area contributed by atoms with Crippen LogP contribution in [0.4, 0.5) is 0 Å². The van der Waals surface area contributed by atoms with Crippen molar-refractivity contribution in [2.75, 3.05) is 33.2 Å². The summed E-state index contributed by atoms with van der Waals surface area (Å²) in [6.45, 7) is 3.04. The maximum atomic E-state index is 12.8. The number of nitrogens with one attached hydrogen (secondary N) is 2. The molecule has 2 amide bonds. The van der Waals surface area contributed by atoms with Crippen molar-refractivity contribution < 1.29 is 9.59 Å². The number of hydrogen-bond acceptors (Lipinski definition) is 5. The molecule has 2 saturated heterocycles. The third kappa shape index (κ3) is 4.32. The fraction of sp³-hybridized carbons (Fsp3) is 0.524. The number of likely N-dealkylation sites (tertiary alicyclic amines) is 2. The van der Waals surface area contributed by atoms with Crippen molar-refractivity contribution in [2.24, 2.45) is 5.92 Å². The number of para-hydroxylation sites is 2. The first-order valence-electron chi connectivity index (χ1n) is 10.3. The largest absolute Gasteiger partial charge is 0.346 e. The average Bonchev–Trinajstić information content (AvgIpc) is 3.18. The molecule has 0 saturated carbocycles. The summed E-state index contributed by atoms with van der Waals surface area (Å²) in [5.41, 5.74) is 0.559. The van der Waals surface area contributed by atoms with Crippen molar-refractivity contribution in [1.29, 1.82) is 0 Å². The highest BCUT2D eigenvalue weighted by Gasteiger charge is 2.31. The highest BCUT2D eigenvalue weighted by atomic mass is 16.2. The van der Waals surface area contributed by atoms with Gasteiger partial charge in [0.15, 0.2) is 5.69 Å².